The van der Waals surface area contributed by atoms with Gasteiger partial charge in [-0.25, -0.2) is 0 Å². The Hall–Kier alpha value is -1.50. The molecule has 1 aromatic carbocycles. The van der Waals surface area contributed by atoms with E-state index in [0.717, 1.165) is 19.6 Å². The van der Waals surface area contributed by atoms with Crippen LogP contribution in [0.25, 0.3) is 0 Å². The van der Waals surface area contributed by atoms with E-state index in [1.54, 1.807) is 12.1 Å². The minimum Gasteiger partial charge on any atom is -0.387 e. The molecule has 1 aliphatic heterocycles. The lowest BCUT2D eigenvalue weighted by atomic mass is 10.1. The largest absolute Gasteiger partial charge is 0.387 e. The fraction of sp³-hybridized carbons (Fsp3) is 0.600. The SMILES string of the molecule is CCN1CCCC1CNCC(O)c1ccc([N+](=O)[O-])cc1. The minimum absolute atomic E-state index is 0.0449. The molecule has 2 atom stereocenters. The molecule has 2 unspecified atom stereocenters. The van der Waals surface area contributed by atoms with Crippen molar-refractivity contribution in [2.24, 2.45) is 0 Å². The maximum absolute atomic E-state index is 10.6. The first-order valence-electron chi connectivity index (χ1n) is 7.49. The van der Waals surface area contributed by atoms with Crippen molar-refractivity contribution in [3.05, 3.63) is 39.9 Å². The van der Waals surface area contributed by atoms with Crippen LogP contribution < -0.4 is 5.32 Å². The number of rotatable bonds is 7. The van der Waals surface area contributed by atoms with Gasteiger partial charge in [-0.15, -0.1) is 0 Å². The van der Waals surface area contributed by atoms with Crippen LogP contribution >= 0.6 is 0 Å². The third-order valence-corrected chi connectivity index (χ3v) is 4.11. The molecule has 0 amide bonds. The molecule has 2 rings (SSSR count). The molecule has 1 heterocycles. The average Bonchev–Trinajstić information content (AvgIpc) is 2.94. The molecule has 0 aromatic heterocycles. The molecule has 0 aliphatic carbocycles. The number of benzene rings is 1. The summed E-state index contributed by atoms with van der Waals surface area (Å²) in [6, 6.07) is 6.62. The van der Waals surface area contributed by atoms with Crippen molar-refractivity contribution in [1.29, 1.82) is 0 Å². The average molecular weight is 293 g/mol. The van der Waals surface area contributed by atoms with Crippen molar-refractivity contribution in [3.8, 4) is 0 Å². The minimum atomic E-state index is -0.637. The number of non-ortho nitro benzene ring substituents is 1. The molecule has 1 aliphatic rings. The van der Waals surface area contributed by atoms with Gasteiger partial charge in [0.2, 0.25) is 0 Å². The lowest BCUT2D eigenvalue weighted by Gasteiger charge is -2.23. The fourth-order valence-corrected chi connectivity index (χ4v) is 2.87. The van der Waals surface area contributed by atoms with Crippen LogP contribution in [0.15, 0.2) is 24.3 Å². The highest BCUT2D eigenvalue weighted by Crippen LogP contribution is 2.18. The zero-order chi connectivity index (χ0) is 15.2. The number of hydrogen-bond donors (Lipinski definition) is 2. The Kier molecular flexibility index (Phi) is 5.67. The summed E-state index contributed by atoms with van der Waals surface area (Å²) in [5, 5.41) is 24.0. The summed E-state index contributed by atoms with van der Waals surface area (Å²) < 4.78 is 0. The molecule has 1 aromatic rings. The van der Waals surface area contributed by atoms with Crippen molar-refractivity contribution < 1.29 is 10.0 Å². The number of aliphatic hydroxyl groups excluding tert-OH is 1. The molecule has 0 radical (unpaired) electrons. The van der Waals surface area contributed by atoms with Gasteiger partial charge in [0.25, 0.3) is 5.69 Å². The Labute approximate surface area is 124 Å². The Morgan fingerprint density at radius 2 is 2.19 bits per heavy atom. The Bertz CT molecular complexity index is 464. The summed E-state index contributed by atoms with van der Waals surface area (Å²) in [7, 11) is 0. The number of hydrogen-bond acceptors (Lipinski definition) is 5. The normalized spacial score (nSPS) is 20.6. The lowest BCUT2D eigenvalue weighted by molar-refractivity contribution is -0.384. The molecule has 6 heteroatoms. The van der Waals surface area contributed by atoms with Gasteiger partial charge in [0.15, 0.2) is 0 Å². The summed E-state index contributed by atoms with van der Waals surface area (Å²) in [6.07, 6.45) is 1.81. The number of nitro benzene ring substituents is 1. The Morgan fingerprint density at radius 3 is 2.81 bits per heavy atom. The van der Waals surface area contributed by atoms with E-state index in [9.17, 15) is 15.2 Å². The van der Waals surface area contributed by atoms with E-state index in [0.29, 0.717) is 18.2 Å². The molecule has 116 valence electrons. The van der Waals surface area contributed by atoms with E-state index in [2.05, 4.69) is 17.1 Å². The zero-order valence-corrected chi connectivity index (χ0v) is 12.4. The summed E-state index contributed by atoms with van der Waals surface area (Å²) in [6.45, 7) is 5.73. The molecule has 0 saturated carbocycles. The molecule has 2 N–H and O–H groups in total. The van der Waals surface area contributed by atoms with Gasteiger partial charge in [-0.2, -0.15) is 0 Å². The van der Waals surface area contributed by atoms with E-state index >= 15 is 0 Å². The molecule has 1 saturated heterocycles. The number of aliphatic hydroxyl groups is 1. The van der Waals surface area contributed by atoms with Gasteiger partial charge in [0.1, 0.15) is 0 Å². The van der Waals surface area contributed by atoms with Crippen molar-refractivity contribution >= 4 is 5.69 Å². The van der Waals surface area contributed by atoms with Crippen molar-refractivity contribution in [3.63, 3.8) is 0 Å². The molecular formula is C15H23N3O3. The second-order valence-electron chi connectivity index (χ2n) is 5.45. The van der Waals surface area contributed by atoms with Gasteiger partial charge >= 0.3 is 0 Å². The highest BCUT2D eigenvalue weighted by atomic mass is 16.6. The van der Waals surface area contributed by atoms with Gasteiger partial charge in [-0.05, 0) is 43.6 Å². The first-order valence-corrected chi connectivity index (χ1v) is 7.49. The predicted molar refractivity (Wildman–Crippen MR) is 81.2 cm³/mol. The Morgan fingerprint density at radius 1 is 1.48 bits per heavy atom. The van der Waals surface area contributed by atoms with Crippen LogP contribution in [0.1, 0.15) is 31.4 Å². The highest BCUT2D eigenvalue weighted by molar-refractivity contribution is 5.33. The number of likely N-dealkylation sites (N-methyl/N-ethyl adjacent to an activating group) is 1. The van der Waals surface area contributed by atoms with Gasteiger partial charge < -0.3 is 10.4 Å². The van der Waals surface area contributed by atoms with E-state index < -0.39 is 11.0 Å². The highest BCUT2D eigenvalue weighted by Gasteiger charge is 2.22. The standard InChI is InChI=1S/C15H23N3O3/c1-2-17-9-3-4-14(17)10-16-11-15(19)12-5-7-13(8-6-12)18(20)21/h5-8,14-16,19H,2-4,9-11H2,1H3. The van der Waals surface area contributed by atoms with Crippen molar-refractivity contribution in [2.45, 2.75) is 31.9 Å². The van der Waals surface area contributed by atoms with Crippen LogP contribution in [0.3, 0.4) is 0 Å². The van der Waals surface area contributed by atoms with E-state index in [-0.39, 0.29) is 5.69 Å². The fourth-order valence-electron chi connectivity index (χ4n) is 2.87. The van der Waals surface area contributed by atoms with E-state index in [4.69, 9.17) is 0 Å². The van der Waals surface area contributed by atoms with Gasteiger partial charge in [0, 0.05) is 31.3 Å². The summed E-state index contributed by atoms with van der Waals surface area (Å²) in [4.78, 5) is 12.6. The third kappa shape index (κ3) is 4.23. The van der Waals surface area contributed by atoms with Crippen molar-refractivity contribution in [2.75, 3.05) is 26.2 Å². The second kappa shape index (κ2) is 7.49. The van der Waals surface area contributed by atoms with Crippen LogP contribution in [0.4, 0.5) is 5.69 Å². The zero-order valence-electron chi connectivity index (χ0n) is 12.4. The maximum atomic E-state index is 10.6. The monoisotopic (exact) mass is 293 g/mol. The van der Waals surface area contributed by atoms with Crippen molar-refractivity contribution in [1.82, 2.24) is 10.2 Å². The molecular weight excluding hydrogens is 270 g/mol. The summed E-state index contributed by atoms with van der Waals surface area (Å²) >= 11 is 0. The quantitative estimate of drug-likeness (QED) is 0.591. The van der Waals surface area contributed by atoms with Crippen LogP contribution in [0.5, 0.6) is 0 Å². The molecule has 1 fully saturated rings. The molecule has 21 heavy (non-hydrogen) atoms. The second-order valence-corrected chi connectivity index (χ2v) is 5.45. The van der Waals surface area contributed by atoms with Crippen LogP contribution in [0.2, 0.25) is 0 Å². The van der Waals surface area contributed by atoms with Crippen LogP contribution in [-0.2, 0) is 0 Å². The number of likely N-dealkylation sites (tertiary alicyclic amines) is 1. The topological polar surface area (TPSA) is 78.6 Å². The molecule has 0 spiro atoms. The number of nitrogens with zero attached hydrogens (tertiary/aromatic N) is 2. The van der Waals surface area contributed by atoms with E-state index in [1.807, 2.05) is 0 Å². The first kappa shape index (κ1) is 15.9. The maximum Gasteiger partial charge on any atom is 0.269 e. The smallest absolute Gasteiger partial charge is 0.269 e. The van der Waals surface area contributed by atoms with Gasteiger partial charge in [-0.3, -0.25) is 15.0 Å². The summed E-state index contributed by atoms with van der Waals surface area (Å²) in [5.74, 6) is 0. The lowest BCUT2D eigenvalue weighted by Crippen LogP contribution is -2.39. The van der Waals surface area contributed by atoms with Crippen LogP contribution in [0, 0.1) is 10.1 Å². The predicted octanol–water partition coefficient (Wildman–Crippen LogP) is 1.70. The number of nitrogens with one attached hydrogen (secondary N) is 1. The van der Waals surface area contributed by atoms with Crippen LogP contribution in [-0.4, -0.2) is 47.2 Å². The third-order valence-electron chi connectivity index (χ3n) is 4.11. The molecule has 0 bridgehead atoms. The Balaban J connectivity index is 1.78. The number of nitro groups is 1. The van der Waals surface area contributed by atoms with E-state index in [1.165, 1.54) is 25.0 Å². The molecule has 6 nitrogen and oxygen atoms in total. The van der Waals surface area contributed by atoms with Gasteiger partial charge in [0.05, 0.1) is 11.0 Å². The summed E-state index contributed by atoms with van der Waals surface area (Å²) in [5.41, 5.74) is 0.746. The first-order chi connectivity index (χ1) is 10.1. The van der Waals surface area contributed by atoms with Gasteiger partial charge in [-0.1, -0.05) is 6.92 Å².